The van der Waals surface area contributed by atoms with Crippen molar-refractivity contribution in [1.29, 1.82) is 0 Å². The summed E-state index contributed by atoms with van der Waals surface area (Å²) in [6.45, 7) is 6.27. The minimum absolute atomic E-state index is 0.0589. The molecule has 0 aromatic rings. The van der Waals surface area contributed by atoms with E-state index >= 15 is 0 Å². The second kappa shape index (κ2) is 6.54. The molecular weight excluding hydrogens is 226 g/mol. The summed E-state index contributed by atoms with van der Waals surface area (Å²) in [5.74, 6) is 0.656. The molecule has 1 saturated heterocycles. The molecule has 1 rings (SSSR count). The lowest BCUT2D eigenvalue weighted by Gasteiger charge is -2.22. The van der Waals surface area contributed by atoms with Gasteiger partial charge in [-0.15, -0.1) is 0 Å². The van der Waals surface area contributed by atoms with Crippen LogP contribution in [0.3, 0.4) is 0 Å². The first-order valence-electron chi connectivity index (χ1n) is 5.97. The van der Waals surface area contributed by atoms with Crippen molar-refractivity contribution in [3.05, 3.63) is 0 Å². The van der Waals surface area contributed by atoms with Crippen molar-refractivity contribution in [1.82, 2.24) is 14.8 Å². The van der Waals surface area contributed by atoms with E-state index in [0.29, 0.717) is 12.5 Å². The van der Waals surface area contributed by atoms with Crippen LogP contribution >= 0.6 is 0 Å². The average Bonchev–Trinajstić information content (AvgIpc) is 2.16. The van der Waals surface area contributed by atoms with Crippen molar-refractivity contribution in [2.45, 2.75) is 39.2 Å². The number of hydrogen-bond donors (Lipinski definition) is 3. The van der Waals surface area contributed by atoms with Crippen LogP contribution in [0.5, 0.6) is 0 Å². The molecule has 16 heavy (non-hydrogen) atoms. The summed E-state index contributed by atoms with van der Waals surface area (Å²) < 4.78 is 28.0. The molecule has 0 aliphatic carbocycles. The summed E-state index contributed by atoms with van der Waals surface area (Å²) in [5.41, 5.74) is 0. The van der Waals surface area contributed by atoms with E-state index in [9.17, 15) is 8.42 Å². The molecule has 0 unspecified atom stereocenters. The third-order valence-corrected chi connectivity index (χ3v) is 4.06. The van der Waals surface area contributed by atoms with Gasteiger partial charge >= 0.3 is 0 Å². The van der Waals surface area contributed by atoms with Crippen LogP contribution in [0.25, 0.3) is 0 Å². The largest absolute Gasteiger partial charge is 0.317 e. The maximum absolute atomic E-state index is 11.4. The molecule has 0 saturated carbocycles. The van der Waals surface area contributed by atoms with Gasteiger partial charge in [-0.2, -0.15) is 13.1 Å². The Labute approximate surface area is 98.6 Å². The maximum atomic E-state index is 11.4. The highest BCUT2D eigenvalue weighted by molar-refractivity contribution is 7.87. The van der Waals surface area contributed by atoms with Crippen LogP contribution in [0.4, 0.5) is 0 Å². The summed E-state index contributed by atoms with van der Waals surface area (Å²) in [5, 5.41) is 3.30. The predicted octanol–water partition coefficient (Wildman–Crippen LogP) is 0.209. The van der Waals surface area contributed by atoms with Gasteiger partial charge in [-0.25, -0.2) is 4.72 Å². The molecule has 0 spiro atoms. The molecule has 0 atom stereocenters. The summed E-state index contributed by atoms with van der Waals surface area (Å²) in [7, 11) is -3.30. The fraction of sp³-hybridized carbons (Fsp3) is 1.00. The zero-order chi connectivity index (χ0) is 12.0. The third kappa shape index (κ3) is 5.79. The normalized spacial score (nSPS) is 19.2. The van der Waals surface area contributed by atoms with Crippen molar-refractivity contribution < 1.29 is 8.42 Å². The lowest BCUT2D eigenvalue weighted by atomic mass is 9.95. The molecule has 0 bridgehead atoms. The van der Waals surface area contributed by atoms with Gasteiger partial charge in [0.2, 0.25) is 0 Å². The highest BCUT2D eigenvalue weighted by atomic mass is 32.2. The van der Waals surface area contributed by atoms with Crippen LogP contribution in [0.15, 0.2) is 0 Å². The van der Waals surface area contributed by atoms with Gasteiger partial charge in [0, 0.05) is 12.6 Å². The van der Waals surface area contributed by atoms with Crippen LogP contribution in [-0.2, 0) is 10.2 Å². The Hall–Kier alpha value is -0.170. The molecule has 5 nitrogen and oxygen atoms in total. The van der Waals surface area contributed by atoms with Crippen LogP contribution in [0.2, 0.25) is 0 Å². The molecule has 0 aromatic heterocycles. The predicted molar refractivity (Wildman–Crippen MR) is 65.4 cm³/mol. The summed E-state index contributed by atoms with van der Waals surface area (Å²) in [6.07, 6.45) is 3.24. The Bertz CT molecular complexity index is 284. The number of piperidine rings is 1. The highest BCUT2D eigenvalue weighted by Gasteiger charge is 2.15. The molecule has 96 valence electrons. The second-order valence-corrected chi connectivity index (χ2v) is 6.18. The molecule has 0 amide bonds. The minimum atomic E-state index is -3.30. The van der Waals surface area contributed by atoms with E-state index in [2.05, 4.69) is 14.8 Å². The molecule has 0 radical (unpaired) electrons. The first-order chi connectivity index (χ1) is 7.49. The van der Waals surface area contributed by atoms with Crippen molar-refractivity contribution in [3.63, 3.8) is 0 Å². The van der Waals surface area contributed by atoms with Gasteiger partial charge in [-0.3, -0.25) is 0 Å². The third-order valence-electron chi connectivity index (χ3n) is 2.69. The van der Waals surface area contributed by atoms with Crippen LogP contribution in [0.1, 0.15) is 33.1 Å². The molecule has 1 heterocycles. The SMILES string of the molecule is CC(C)NS(=O)(=O)NCCC1CCNCC1. The van der Waals surface area contributed by atoms with Crippen molar-refractivity contribution in [2.24, 2.45) is 5.92 Å². The minimum Gasteiger partial charge on any atom is -0.317 e. The Morgan fingerprint density at radius 3 is 2.50 bits per heavy atom. The molecule has 6 heteroatoms. The fourth-order valence-electron chi connectivity index (χ4n) is 1.92. The van der Waals surface area contributed by atoms with E-state index in [4.69, 9.17) is 0 Å². The van der Waals surface area contributed by atoms with Gasteiger partial charge in [-0.05, 0) is 52.1 Å². The van der Waals surface area contributed by atoms with E-state index in [0.717, 1.165) is 32.4 Å². The van der Waals surface area contributed by atoms with E-state index in [-0.39, 0.29) is 6.04 Å². The van der Waals surface area contributed by atoms with Gasteiger partial charge < -0.3 is 5.32 Å². The molecule has 1 aliphatic heterocycles. The van der Waals surface area contributed by atoms with Gasteiger partial charge in [0.1, 0.15) is 0 Å². The van der Waals surface area contributed by atoms with Gasteiger partial charge in [0.15, 0.2) is 0 Å². The maximum Gasteiger partial charge on any atom is 0.277 e. The van der Waals surface area contributed by atoms with E-state index in [1.807, 2.05) is 13.8 Å². The van der Waals surface area contributed by atoms with Gasteiger partial charge in [0.25, 0.3) is 10.2 Å². The summed E-state index contributed by atoms with van der Waals surface area (Å²) >= 11 is 0. The summed E-state index contributed by atoms with van der Waals surface area (Å²) in [4.78, 5) is 0. The van der Waals surface area contributed by atoms with Gasteiger partial charge in [0.05, 0.1) is 0 Å². The number of hydrogen-bond acceptors (Lipinski definition) is 3. The summed E-state index contributed by atoms with van der Waals surface area (Å²) in [6, 6.07) is -0.0589. The van der Waals surface area contributed by atoms with Crippen LogP contribution in [0, 0.1) is 5.92 Å². The molecule has 0 aromatic carbocycles. The zero-order valence-electron chi connectivity index (χ0n) is 10.1. The smallest absolute Gasteiger partial charge is 0.277 e. The monoisotopic (exact) mass is 249 g/mol. The van der Waals surface area contributed by atoms with Gasteiger partial charge in [-0.1, -0.05) is 0 Å². The highest BCUT2D eigenvalue weighted by Crippen LogP contribution is 2.14. The molecular formula is C10H23N3O2S. The fourth-order valence-corrected chi connectivity index (χ4v) is 3.01. The first kappa shape index (κ1) is 13.9. The Morgan fingerprint density at radius 2 is 1.94 bits per heavy atom. The van der Waals surface area contributed by atoms with Crippen molar-refractivity contribution in [2.75, 3.05) is 19.6 Å². The van der Waals surface area contributed by atoms with Crippen LogP contribution in [-0.4, -0.2) is 34.1 Å². The first-order valence-corrected chi connectivity index (χ1v) is 7.45. The van der Waals surface area contributed by atoms with E-state index in [1.54, 1.807) is 0 Å². The standard InChI is InChI=1S/C10H23N3O2S/c1-9(2)13-16(14,15)12-8-5-10-3-6-11-7-4-10/h9-13H,3-8H2,1-2H3. The number of nitrogens with one attached hydrogen (secondary N) is 3. The number of rotatable bonds is 6. The van der Waals surface area contributed by atoms with E-state index < -0.39 is 10.2 Å². The molecule has 1 fully saturated rings. The topological polar surface area (TPSA) is 70.2 Å². The average molecular weight is 249 g/mol. The Balaban J connectivity index is 2.18. The second-order valence-electron chi connectivity index (χ2n) is 4.65. The van der Waals surface area contributed by atoms with Crippen molar-refractivity contribution in [3.8, 4) is 0 Å². The van der Waals surface area contributed by atoms with Crippen LogP contribution < -0.4 is 14.8 Å². The van der Waals surface area contributed by atoms with E-state index in [1.165, 1.54) is 0 Å². The Morgan fingerprint density at radius 1 is 1.31 bits per heavy atom. The Kier molecular flexibility index (Phi) is 5.68. The lowest BCUT2D eigenvalue weighted by Crippen LogP contribution is -2.41. The zero-order valence-corrected chi connectivity index (χ0v) is 10.9. The quantitative estimate of drug-likeness (QED) is 0.630. The molecule has 1 aliphatic rings. The molecule has 3 N–H and O–H groups in total. The van der Waals surface area contributed by atoms with Crippen molar-refractivity contribution >= 4 is 10.2 Å². The lowest BCUT2D eigenvalue weighted by molar-refractivity contribution is 0.354.